The van der Waals surface area contributed by atoms with Gasteiger partial charge in [-0.25, -0.2) is 0 Å². The van der Waals surface area contributed by atoms with Gasteiger partial charge in [0.2, 0.25) is 0 Å². The summed E-state index contributed by atoms with van der Waals surface area (Å²) in [6, 6.07) is 0. The van der Waals surface area contributed by atoms with Crippen molar-refractivity contribution in [3.8, 4) is 0 Å². The van der Waals surface area contributed by atoms with E-state index in [-0.39, 0.29) is 22.4 Å². The number of carboxylic acids is 1. The van der Waals surface area contributed by atoms with Crippen LogP contribution in [0.1, 0.15) is 66.2 Å². The van der Waals surface area contributed by atoms with Gasteiger partial charge in [-0.15, -0.1) is 0 Å². The molecule has 0 amide bonds. The van der Waals surface area contributed by atoms with Gasteiger partial charge in [0.05, 0.1) is 5.92 Å². The minimum Gasteiger partial charge on any atom is -0.481 e. The molecule has 4 aliphatic rings. The molecule has 0 aromatic rings. The summed E-state index contributed by atoms with van der Waals surface area (Å²) in [6.07, 6.45) is 11.2. The minimum absolute atomic E-state index is 0.0524. The third kappa shape index (κ3) is 2.26. The van der Waals surface area contributed by atoms with E-state index in [9.17, 15) is 19.5 Å². The van der Waals surface area contributed by atoms with Gasteiger partial charge in [-0.2, -0.15) is 0 Å². The highest BCUT2D eigenvalue weighted by Crippen LogP contribution is 2.71. The zero-order chi connectivity index (χ0) is 20.5. The van der Waals surface area contributed by atoms with E-state index in [0.29, 0.717) is 24.2 Å². The molecule has 0 radical (unpaired) electrons. The number of ketones is 2. The third-order valence-electron chi connectivity index (χ3n) is 9.55. The van der Waals surface area contributed by atoms with Gasteiger partial charge >= 0.3 is 5.97 Å². The predicted molar refractivity (Wildman–Crippen MR) is 107 cm³/mol. The highest BCUT2D eigenvalue weighted by atomic mass is 16.4. The van der Waals surface area contributed by atoms with Crippen LogP contribution in [0.15, 0.2) is 23.8 Å². The monoisotopic (exact) mass is 384 g/mol. The van der Waals surface area contributed by atoms with Crippen LogP contribution in [0.2, 0.25) is 0 Å². The van der Waals surface area contributed by atoms with Gasteiger partial charge in [0, 0.05) is 10.8 Å². The van der Waals surface area contributed by atoms with Gasteiger partial charge in [0.25, 0.3) is 0 Å². The Hall–Kier alpha value is -1.71. The van der Waals surface area contributed by atoms with Crippen LogP contribution >= 0.6 is 0 Å². The van der Waals surface area contributed by atoms with Gasteiger partial charge in [-0.05, 0) is 80.8 Å². The van der Waals surface area contributed by atoms with Crippen LogP contribution in [0.5, 0.6) is 0 Å². The summed E-state index contributed by atoms with van der Waals surface area (Å²) < 4.78 is 0. The lowest BCUT2D eigenvalue weighted by Crippen LogP contribution is -2.56. The Morgan fingerprint density at radius 2 is 1.82 bits per heavy atom. The molecule has 1 N–H and O–H groups in total. The third-order valence-corrected chi connectivity index (χ3v) is 9.55. The zero-order valence-electron chi connectivity index (χ0n) is 17.5. The molecule has 4 nitrogen and oxygen atoms in total. The molecule has 0 aromatic heterocycles. The molecule has 0 heterocycles. The average molecular weight is 385 g/mol. The molecule has 4 aliphatic carbocycles. The number of carbonyl (C=O) groups is 3. The van der Waals surface area contributed by atoms with E-state index in [4.69, 9.17) is 0 Å². The van der Waals surface area contributed by atoms with Crippen LogP contribution in [0.3, 0.4) is 0 Å². The van der Waals surface area contributed by atoms with E-state index in [2.05, 4.69) is 19.9 Å². The number of Topliss-reactive ketones (excluding diaryl/α,β-unsaturated/α-hetero) is 1. The summed E-state index contributed by atoms with van der Waals surface area (Å²) in [4.78, 5) is 36.8. The van der Waals surface area contributed by atoms with Crippen LogP contribution in [0, 0.1) is 39.9 Å². The Balaban J connectivity index is 1.74. The van der Waals surface area contributed by atoms with Crippen molar-refractivity contribution in [1.82, 2.24) is 0 Å². The van der Waals surface area contributed by atoms with Gasteiger partial charge in [0.1, 0.15) is 5.78 Å². The highest BCUT2D eigenvalue weighted by molar-refractivity contribution is 6.01. The average Bonchev–Trinajstić information content (AvgIpc) is 2.95. The number of hydrogen-bond acceptors (Lipinski definition) is 3. The summed E-state index contributed by atoms with van der Waals surface area (Å²) in [5.41, 5.74) is 0.172. The second kappa shape index (κ2) is 6.14. The Morgan fingerprint density at radius 1 is 1.14 bits per heavy atom. The van der Waals surface area contributed by atoms with E-state index >= 15 is 0 Å². The quantitative estimate of drug-likeness (QED) is 0.772. The first-order chi connectivity index (χ1) is 13.1. The van der Waals surface area contributed by atoms with Gasteiger partial charge < -0.3 is 5.11 Å². The predicted octanol–water partition coefficient (Wildman–Crippen LogP) is 4.59. The Bertz CT molecular complexity index is 807. The van der Waals surface area contributed by atoms with E-state index < -0.39 is 17.3 Å². The maximum Gasteiger partial charge on any atom is 0.307 e. The molecule has 0 bridgehead atoms. The van der Waals surface area contributed by atoms with E-state index in [1.165, 1.54) is 5.57 Å². The molecule has 152 valence electrons. The Labute approximate surface area is 167 Å². The molecule has 0 saturated heterocycles. The van der Waals surface area contributed by atoms with Crippen LogP contribution in [0.4, 0.5) is 0 Å². The molecular formula is C24H32O4. The molecule has 0 aromatic carbocycles. The van der Waals surface area contributed by atoms with E-state index in [1.54, 1.807) is 19.9 Å². The van der Waals surface area contributed by atoms with E-state index in [1.807, 2.05) is 6.08 Å². The van der Waals surface area contributed by atoms with Crippen molar-refractivity contribution in [3.05, 3.63) is 23.8 Å². The smallest absolute Gasteiger partial charge is 0.307 e. The van der Waals surface area contributed by atoms with Crippen molar-refractivity contribution in [2.75, 3.05) is 0 Å². The van der Waals surface area contributed by atoms with Crippen LogP contribution in [-0.2, 0) is 14.4 Å². The lowest BCUT2D eigenvalue weighted by molar-refractivity contribution is -0.163. The Kier molecular flexibility index (Phi) is 4.30. The number of carboxylic acid groups (broad SMARTS) is 1. The number of allylic oxidation sites excluding steroid dienone is 4. The molecule has 4 heteroatoms. The topological polar surface area (TPSA) is 71.4 Å². The molecule has 0 aliphatic heterocycles. The molecule has 3 fully saturated rings. The molecule has 28 heavy (non-hydrogen) atoms. The minimum atomic E-state index is -0.853. The largest absolute Gasteiger partial charge is 0.481 e. The summed E-state index contributed by atoms with van der Waals surface area (Å²) in [5.74, 6) is -0.0257. The maximum absolute atomic E-state index is 12.9. The SMILES string of the molecule is CC(=O)[C@@]1(C(C)C(=O)O)CC[C@H]2[C@@H]3CCC4=CC(=O)C=C[C@]4(C)[C@H]3CC[C@@]21C. The number of rotatable bonds is 3. The van der Waals surface area contributed by atoms with Crippen LogP contribution in [0.25, 0.3) is 0 Å². The van der Waals surface area contributed by atoms with Crippen LogP contribution < -0.4 is 0 Å². The number of aliphatic carboxylic acids is 1. The summed E-state index contributed by atoms with van der Waals surface area (Å²) >= 11 is 0. The second-order valence-corrected chi connectivity index (χ2v) is 10.2. The van der Waals surface area contributed by atoms with Crippen LogP contribution in [-0.4, -0.2) is 22.6 Å². The standard InChI is InChI=1S/C24H32O4/c1-14(21(27)28)24(15(2)25)12-9-20-18-6-5-16-13-17(26)7-10-22(16,3)19(18)8-11-23(20,24)4/h7,10,13-14,18-20H,5-6,8-9,11-12H2,1-4H3,(H,27,28)/t14?,18-,19+,20+,22+,23+,24+/m1/s1. The maximum atomic E-state index is 12.9. The lowest BCUT2D eigenvalue weighted by Gasteiger charge is -2.59. The van der Waals surface area contributed by atoms with Gasteiger partial charge in [-0.3, -0.25) is 14.4 Å². The summed E-state index contributed by atoms with van der Waals surface area (Å²) in [6.45, 7) is 7.82. The fraction of sp³-hybridized carbons (Fsp3) is 0.708. The zero-order valence-corrected chi connectivity index (χ0v) is 17.5. The first-order valence-corrected chi connectivity index (χ1v) is 10.8. The summed E-state index contributed by atoms with van der Waals surface area (Å²) in [7, 11) is 0. The van der Waals surface area contributed by atoms with Crippen molar-refractivity contribution < 1.29 is 19.5 Å². The van der Waals surface area contributed by atoms with E-state index in [0.717, 1.165) is 32.1 Å². The molecule has 3 saturated carbocycles. The first kappa shape index (κ1) is 19.6. The fourth-order valence-corrected chi connectivity index (χ4v) is 8.08. The molecule has 7 atom stereocenters. The fourth-order valence-electron chi connectivity index (χ4n) is 8.08. The van der Waals surface area contributed by atoms with Crippen molar-refractivity contribution in [2.24, 2.45) is 39.9 Å². The van der Waals surface area contributed by atoms with Crippen molar-refractivity contribution in [1.29, 1.82) is 0 Å². The normalized spacial score (nSPS) is 45.5. The molecular weight excluding hydrogens is 352 g/mol. The van der Waals surface area contributed by atoms with Gasteiger partial charge in [0.15, 0.2) is 5.78 Å². The van der Waals surface area contributed by atoms with Crippen molar-refractivity contribution in [2.45, 2.75) is 66.2 Å². The molecule has 0 spiro atoms. The highest BCUT2D eigenvalue weighted by Gasteiger charge is 2.67. The van der Waals surface area contributed by atoms with Gasteiger partial charge in [-0.1, -0.05) is 32.4 Å². The number of hydrogen-bond donors (Lipinski definition) is 1. The number of fused-ring (bicyclic) bond motifs is 5. The van der Waals surface area contributed by atoms with Crippen molar-refractivity contribution >= 4 is 17.5 Å². The first-order valence-electron chi connectivity index (χ1n) is 10.8. The molecule has 4 rings (SSSR count). The second-order valence-electron chi connectivity index (χ2n) is 10.2. The molecule has 1 unspecified atom stereocenters. The van der Waals surface area contributed by atoms with Crippen molar-refractivity contribution in [3.63, 3.8) is 0 Å². The number of carbonyl (C=O) groups excluding carboxylic acids is 2. The Morgan fingerprint density at radius 3 is 2.46 bits per heavy atom. The lowest BCUT2D eigenvalue weighted by atomic mass is 9.44. The summed E-state index contributed by atoms with van der Waals surface area (Å²) in [5, 5.41) is 9.81.